The first-order valence-corrected chi connectivity index (χ1v) is 9.26. The van der Waals surface area contributed by atoms with Gasteiger partial charge in [0.1, 0.15) is 5.82 Å². The highest BCUT2D eigenvalue weighted by atomic mass is 35.5. The summed E-state index contributed by atoms with van der Waals surface area (Å²) in [5.74, 6) is -1.70. The minimum Gasteiger partial charge on any atom is -0.384 e. The molecule has 1 aromatic carbocycles. The van der Waals surface area contributed by atoms with E-state index in [9.17, 15) is 19.2 Å². The van der Waals surface area contributed by atoms with Crippen molar-refractivity contribution in [2.24, 2.45) is 0 Å². The molecule has 4 rings (SSSR count). The number of aromatic nitrogens is 1. The molecular weight excluding hydrogens is 384 g/mol. The molecule has 0 atom stereocenters. The highest BCUT2D eigenvalue weighted by Crippen LogP contribution is 2.28. The second-order valence-corrected chi connectivity index (χ2v) is 7.20. The number of rotatable bonds is 2. The number of piperidine rings is 1. The number of imide groups is 1. The van der Waals surface area contributed by atoms with Crippen molar-refractivity contribution in [2.75, 3.05) is 18.8 Å². The van der Waals surface area contributed by atoms with Crippen LogP contribution >= 0.6 is 11.6 Å². The number of fused-ring (bicyclic) bond motifs is 1. The number of nitrogens with zero attached hydrogens (tertiary/aromatic N) is 2. The Bertz CT molecular complexity index is 1090. The van der Waals surface area contributed by atoms with Gasteiger partial charge < -0.3 is 10.6 Å². The van der Waals surface area contributed by atoms with Crippen molar-refractivity contribution < 1.29 is 14.4 Å². The number of nitrogens with two attached hydrogens (primary N) is 1. The third-order valence-electron chi connectivity index (χ3n) is 5.03. The number of halogens is 1. The number of benzene rings is 1. The van der Waals surface area contributed by atoms with E-state index in [1.54, 1.807) is 11.0 Å². The fraction of sp³-hybridized carbons (Fsp3) is 0.263. The lowest BCUT2D eigenvalue weighted by Crippen LogP contribution is -2.35. The number of carbonyl (C=O) groups excluding carboxylic acids is 3. The lowest BCUT2D eigenvalue weighted by molar-refractivity contribution is 0.0723. The Morgan fingerprint density at radius 2 is 1.75 bits per heavy atom. The van der Waals surface area contributed by atoms with E-state index in [4.69, 9.17) is 17.3 Å². The van der Waals surface area contributed by atoms with Gasteiger partial charge in [-0.25, -0.2) is 0 Å². The molecule has 1 aromatic heterocycles. The van der Waals surface area contributed by atoms with E-state index in [-0.39, 0.29) is 33.6 Å². The lowest BCUT2D eigenvalue weighted by atomic mass is 10.1. The summed E-state index contributed by atoms with van der Waals surface area (Å²) in [4.78, 5) is 51.0. The number of pyridine rings is 1. The number of nitrogens with one attached hydrogen (secondary N) is 1. The van der Waals surface area contributed by atoms with E-state index in [2.05, 4.69) is 5.32 Å². The molecule has 3 N–H and O–H groups in total. The van der Waals surface area contributed by atoms with Crippen LogP contribution in [0.1, 0.15) is 50.3 Å². The summed E-state index contributed by atoms with van der Waals surface area (Å²) in [6.07, 6.45) is 3.00. The molecule has 1 saturated heterocycles. The summed E-state index contributed by atoms with van der Waals surface area (Å²) in [6, 6.07) is 5.63. The second kappa shape index (κ2) is 6.79. The van der Waals surface area contributed by atoms with E-state index < -0.39 is 17.4 Å². The number of hydrogen-bond donors (Lipinski definition) is 2. The minimum absolute atomic E-state index is 0.0691. The van der Waals surface area contributed by atoms with Crippen molar-refractivity contribution in [3.8, 4) is 5.69 Å². The third-order valence-corrected chi connectivity index (χ3v) is 5.35. The summed E-state index contributed by atoms with van der Waals surface area (Å²) in [5, 5.41) is 2.30. The Morgan fingerprint density at radius 1 is 1.04 bits per heavy atom. The zero-order chi connectivity index (χ0) is 20.0. The van der Waals surface area contributed by atoms with Crippen LogP contribution in [0.5, 0.6) is 0 Å². The molecule has 144 valence electrons. The Morgan fingerprint density at radius 3 is 2.46 bits per heavy atom. The molecule has 8 nitrogen and oxygen atoms in total. The normalized spacial score (nSPS) is 16.1. The summed E-state index contributed by atoms with van der Waals surface area (Å²) < 4.78 is 1.05. The van der Waals surface area contributed by atoms with Crippen LogP contribution in [-0.2, 0) is 0 Å². The number of carbonyl (C=O) groups is 3. The maximum Gasteiger partial charge on any atom is 0.262 e. The maximum atomic E-state index is 12.8. The largest absolute Gasteiger partial charge is 0.384 e. The molecule has 2 aliphatic rings. The summed E-state index contributed by atoms with van der Waals surface area (Å²) >= 11 is 6.27. The minimum atomic E-state index is -0.678. The Hall–Kier alpha value is -3.13. The lowest BCUT2D eigenvalue weighted by Gasteiger charge is -2.27. The molecule has 0 radical (unpaired) electrons. The first-order chi connectivity index (χ1) is 13.4. The van der Waals surface area contributed by atoms with Gasteiger partial charge in [-0.15, -0.1) is 0 Å². The van der Waals surface area contributed by atoms with Gasteiger partial charge in [-0.05, 0) is 37.5 Å². The van der Waals surface area contributed by atoms with Crippen molar-refractivity contribution in [2.45, 2.75) is 19.3 Å². The topological polar surface area (TPSA) is 114 Å². The van der Waals surface area contributed by atoms with Gasteiger partial charge in [0.05, 0.1) is 21.8 Å². The SMILES string of the molecule is Nc1c2c(cc(=O)n1-c1cc(C(=O)N3CCCCC3)ccc1Cl)C(=O)NC2=O. The van der Waals surface area contributed by atoms with E-state index in [1.807, 2.05) is 0 Å². The zero-order valence-corrected chi connectivity index (χ0v) is 15.6. The highest BCUT2D eigenvalue weighted by molar-refractivity contribution is 6.32. The Kier molecular flexibility index (Phi) is 4.43. The van der Waals surface area contributed by atoms with Crippen LogP contribution in [0.25, 0.3) is 5.69 Å². The van der Waals surface area contributed by atoms with Crippen LogP contribution in [0, 0.1) is 0 Å². The first kappa shape index (κ1) is 18.2. The molecule has 1 fully saturated rings. The average molecular weight is 401 g/mol. The molecule has 0 aliphatic carbocycles. The molecule has 28 heavy (non-hydrogen) atoms. The van der Waals surface area contributed by atoms with Crippen LogP contribution in [-0.4, -0.2) is 40.3 Å². The fourth-order valence-corrected chi connectivity index (χ4v) is 3.83. The molecule has 0 saturated carbocycles. The molecule has 3 heterocycles. The number of hydrogen-bond acceptors (Lipinski definition) is 5. The quantitative estimate of drug-likeness (QED) is 0.743. The maximum absolute atomic E-state index is 12.8. The number of nitrogen functional groups attached to an aromatic ring is 1. The van der Waals surface area contributed by atoms with Gasteiger partial charge in [0.25, 0.3) is 23.3 Å². The van der Waals surface area contributed by atoms with Crippen molar-refractivity contribution in [3.05, 3.63) is 56.3 Å². The predicted octanol–water partition coefficient (Wildman–Crippen LogP) is 1.58. The molecule has 2 aromatic rings. The molecule has 3 amide bonds. The van der Waals surface area contributed by atoms with E-state index in [1.165, 1.54) is 12.1 Å². The molecule has 0 spiro atoms. The van der Waals surface area contributed by atoms with Crippen molar-refractivity contribution in [3.63, 3.8) is 0 Å². The standard InChI is InChI=1S/C19H17ClN4O4/c20-12-5-4-10(19(28)23-6-2-1-3-7-23)8-13(12)24-14(25)9-11-15(16(24)21)18(27)22-17(11)26/h4-5,8-9H,1-3,6-7,21H2,(H,22,26,27). The fourth-order valence-electron chi connectivity index (χ4n) is 3.62. The van der Waals surface area contributed by atoms with E-state index in [0.29, 0.717) is 18.7 Å². The second-order valence-electron chi connectivity index (χ2n) is 6.79. The zero-order valence-electron chi connectivity index (χ0n) is 14.8. The monoisotopic (exact) mass is 400 g/mol. The van der Waals surface area contributed by atoms with Gasteiger partial charge in [0.2, 0.25) is 0 Å². The summed E-state index contributed by atoms with van der Waals surface area (Å²) in [6.45, 7) is 1.36. The van der Waals surface area contributed by atoms with Crippen molar-refractivity contribution >= 4 is 35.1 Å². The number of amides is 3. The smallest absolute Gasteiger partial charge is 0.262 e. The molecule has 0 bridgehead atoms. The van der Waals surface area contributed by atoms with Gasteiger partial charge in [-0.1, -0.05) is 11.6 Å². The molecule has 9 heteroatoms. The highest BCUT2D eigenvalue weighted by Gasteiger charge is 2.32. The molecular formula is C19H17ClN4O4. The first-order valence-electron chi connectivity index (χ1n) is 8.89. The number of likely N-dealkylation sites (tertiary alicyclic amines) is 1. The van der Waals surface area contributed by atoms with Gasteiger partial charge in [0, 0.05) is 24.7 Å². The van der Waals surface area contributed by atoms with Gasteiger partial charge >= 0.3 is 0 Å². The summed E-state index contributed by atoms with van der Waals surface area (Å²) in [7, 11) is 0. The van der Waals surface area contributed by atoms with E-state index >= 15 is 0 Å². The van der Waals surface area contributed by atoms with Crippen LogP contribution in [0.3, 0.4) is 0 Å². The molecule has 0 unspecified atom stereocenters. The van der Waals surface area contributed by atoms with Crippen LogP contribution in [0.2, 0.25) is 5.02 Å². The van der Waals surface area contributed by atoms with Crippen molar-refractivity contribution in [1.29, 1.82) is 0 Å². The van der Waals surface area contributed by atoms with Gasteiger partial charge in [-0.2, -0.15) is 0 Å². The van der Waals surface area contributed by atoms with E-state index in [0.717, 1.165) is 29.9 Å². The Balaban J connectivity index is 1.83. The number of anilines is 1. The predicted molar refractivity (Wildman–Crippen MR) is 103 cm³/mol. The average Bonchev–Trinajstić information content (AvgIpc) is 2.97. The van der Waals surface area contributed by atoms with Gasteiger partial charge in [0.15, 0.2) is 0 Å². The third kappa shape index (κ3) is 2.86. The van der Waals surface area contributed by atoms with Crippen LogP contribution in [0.15, 0.2) is 29.1 Å². The van der Waals surface area contributed by atoms with Crippen LogP contribution in [0.4, 0.5) is 5.82 Å². The Labute approximate surface area is 164 Å². The van der Waals surface area contributed by atoms with Gasteiger partial charge in [-0.3, -0.25) is 29.1 Å². The summed E-state index contributed by atoms with van der Waals surface area (Å²) in [5.41, 5.74) is 5.84. The van der Waals surface area contributed by atoms with Crippen molar-refractivity contribution in [1.82, 2.24) is 14.8 Å². The van der Waals surface area contributed by atoms with Crippen LogP contribution < -0.4 is 16.6 Å². The molecule has 2 aliphatic heterocycles.